The summed E-state index contributed by atoms with van der Waals surface area (Å²) in [6.45, 7) is 8.31. The highest BCUT2D eigenvalue weighted by Gasteiger charge is 1.93. The van der Waals surface area contributed by atoms with Crippen molar-refractivity contribution in [3.63, 3.8) is 0 Å². The zero-order chi connectivity index (χ0) is 13.1. The highest BCUT2D eigenvalue weighted by molar-refractivity contribution is 5.20. The molecule has 2 N–H and O–H groups in total. The summed E-state index contributed by atoms with van der Waals surface area (Å²) >= 11 is 0. The standard InChI is InChI=1S/C15H26N2O/c1-14(2)17-12-6-10-16-11-7-13-18-15-8-4-3-5-9-15/h3-5,8-9,14,16-17H,6-7,10-13H2,1-2H3. The van der Waals surface area contributed by atoms with Gasteiger partial charge in [-0.15, -0.1) is 0 Å². The molecule has 3 nitrogen and oxygen atoms in total. The van der Waals surface area contributed by atoms with Gasteiger partial charge < -0.3 is 15.4 Å². The summed E-state index contributed by atoms with van der Waals surface area (Å²) in [7, 11) is 0. The number of hydrogen-bond acceptors (Lipinski definition) is 3. The first-order valence-electron chi connectivity index (χ1n) is 6.91. The average Bonchev–Trinajstić information content (AvgIpc) is 2.37. The zero-order valence-electron chi connectivity index (χ0n) is 11.6. The van der Waals surface area contributed by atoms with Gasteiger partial charge in [0.2, 0.25) is 0 Å². The molecule has 18 heavy (non-hydrogen) atoms. The van der Waals surface area contributed by atoms with Gasteiger partial charge in [0.15, 0.2) is 0 Å². The van der Waals surface area contributed by atoms with Crippen molar-refractivity contribution < 1.29 is 4.74 Å². The Balaban J connectivity index is 1.84. The van der Waals surface area contributed by atoms with Crippen molar-refractivity contribution >= 4 is 0 Å². The Labute approximate surface area is 111 Å². The van der Waals surface area contributed by atoms with Gasteiger partial charge in [0.05, 0.1) is 6.61 Å². The second kappa shape index (κ2) is 9.92. The molecule has 1 rings (SSSR count). The molecule has 1 aromatic rings. The maximum atomic E-state index is 5.61. The first-order valence-corrected chi connectivity index (χ1v) is 6.91. The van der Waals surface area contributed by atoms with E-state index in [1.807, 2.05) is 30.3 Å². The summed E-state index contributed by atoms with van der Waals surface area (Å²) < 4.78 is 5.61. The van der Waals surface area contributed by atoms with E-state index < -0.39 is 0 Å². The maximum absolute atomic E-state index is 5.61. The van der Waals surface area contributed by atoms with Crippen LogP contribution in [0.3, 0.4) is 0 Å². The molecule has 0 aliphatic carbocycles. The monoisotopic (exact) mass is 250 g/mol. The van der Waals surface area contributed by atoms with E-state index in [0.29, 0.717) is 6.04 Å². The lowest BCUT2D eigenvalue weighted by molar-refractivity contribution is 0.308. The largest absolute Gasteiger partial charge is 0.494 e. The van der Waals surface area contributed by atoms with Crippen molar-refractivity contribution in [3.05, 3.63) is 30.3 Å². The number of para-hydroxylation sites is 1. The van der Waals surface area contributed by atoms with E-state index in [1.165, 1.54) is 6.42 Å². The fourth-order valence-electron chi connectivity index (χ4n) is 1.63. The van der Waals surface area contributed by atoms with Crippen molar-refractivity contribution in [2.45, 2.75) is 32.7 Å². The minimum Gasteiger partial charge on any atom is -0.494 e. The molecular weight excluding hydrogens is 224 g/mol. The van der Waals surface area contributed by atoms with E-state index in [1.54, 1.807) is 0 Å². The lowest BCUT2D eigenvalue weighted by atomic mass is 10.3. The van der Waals surface area contributed by atoms with Crippen LogP contribution in [0.5, 0.6) is 5.75 Å². The van der Waals surface area contributed by atoms with Crippen LogP contribution in [-0.4, -0.2) is 32.3 Å². The smallest absolute Gasteiger partial charge is 0.119 e. The van der Waals surface area contributed by atoms with E-state index in [4.69, 9.17) is 4.74 Å². The number of benzene rings is 1. The predicted molar refractivity (Wildman–Crippen MR) is 77.2 cm³/mol. The lowest BCUT2D eigenvalue weighted by Gasteiger charge is -2.09. The molecule has 0 saturated heterocycles. The Morgan fingerprint density at radius 1 is 1.00 bits per heavy atom. The van der Waals surface area contributed by atoms with Crippen LogP contribution in [0, 0.1) is 0 Å². The molecule has 0 bridgehead atoms. The third kappa shape index (κ3) is 8.09. The van der Waals surface area contributed by atoms with Crippen molar-refractivity contribution in [2.75, 3.05) is 26.2 Å². The van der Waals surface area contributed by atoms with Crippen molar-refractivity contribution in [1.82, 2.24) is 10.6 Å². The van der Waals surface area contributed by atoms with Crippen LogP contribution in [-0.2, 0) is 0 Å². The first-order chi connectivity index (χ1) is 8.79. The number of ether oxygens (including phenoxy) is 1. The van der Waals surface area contributed by atoms with Gasteiger partial charge in [-0.2, -0.15) is 0 Å². The topological polar surface area (TPSA) is 33.3 Å². The van der Waals surface area contributed by atoms with E-state index in [2.05, 4.69) is 24.5 Å². The molecule has 0 heterocycles. The molecule has 102 valence electrons. The summed E-state index contributed by atoms with van der Waals surface area (Å²) in [5.74, 6) is 0.957. The molecule has 0 radical (unpaired) electrons. The summed E-state index contributed by atoms with van der Waals surface area (Å²) in [6, 6.07) is 10.6. The van der Waals surface area contributed by atoms with Crippen LogP contribution in [0.15, 0.2) is 30.3 Å². The molecule has 1 aromatic carbocycles. The summed E-state index contributed by atoms with van der Waals surface area (Å²) in [5.41, 5.74) is 0. The highest BCUT2D eigenvalue weighted by Crippen LogP contribution is 2.07. The Bertz CT molecular complexity index is 288. The third-order valence-corrected chi connectivity index (χ3v) is 2.59. The quantitative estimate of drug-likeness (QED) is 0.626. The van der Waals surface area contributed by atoms with Crippen LogP contribution < -0.4 is 15.4 Å². The SMILES string of the molecule is CC(C)NCCCNCCCOc1ccccc1. The third-order valence-electron chi connectivity index (χ3n) is 2.59. The Morgan fingerprint density at radius 3 is 2.44 bits per heavy atom. The Kier molecular flexibility index (Phi) is 8.26. The molecule has 0 aliphatic heterocycles. The first kappa shape index (κ1) is 15.0. The average molecular weight is 250 g/mol. The van der Waals surface area contributed by atoms with Crippen LogP contribution in [0.2, 0.25) is 0 Å². The van der Waals surface area contributed by atoms with Crippen LogP contribution in [0.25, 0.3) is 0 Å². The molecule has 0 atom stereocenters. The van der Waals surface area contributed by atoms with Gasteiger partial charge in [-0.25, -0.2) is 0 Å². The number of hydrogen-bond donors (Lipinski definition) is 2. The second-order valence-corrected chi connectivity index (χ2v) is 4.73. The van der Waals surface area contributed by atoms with Crippen molar-refractivity contribution in [2.24, 2.45) is 0 Å². The van der Waals surface area contributed by atoms with Gasteiger partial charge >= 0.3 is 0 Å². The van der Waals surface area contributed by atoms with Crippen LogP contribution >= 0.6 is 0 Å². The van der Waals surface area contributed by atoms with E-state index in [0.717, 1.165) is 38.4 Å². The summed E-state index contributed by atoms with van der Waals surface area (Å²) in [4.78, 5) is 0. The molecular formula is C15H26N2O. The fraction of sp³-hybridized carbons (Fsp3) is 0.600. The van der Waals surface area contributed by atoms with Gasteiger partial charge in [-0.3, -0.25) is 0 Å². The fourth-order valence-corrected chi connectivity index (χ4v) is 1.63. The molecule has 3 heteroatoms. The molecule has 0 fully saturated rings. The van der Waals surface area contributed by atoms with Crippen molar-refractivity contribution in [1.29, 1.82) is 0 Å². The highest BCUT2D eigenvalue weighted by atomic mass is 16.5. The maximum Gasteiger partial charge on any atom is 0.119 e. The van der Waals surface area contributed by atoms with E-state index in [-0.39, 0.29) is 0 Å². The molecule has 0 saturated carbocycles. The number of rotatable bonds is 10. The van der Waals surface area contributed by atoms with Gasteiger partial charge in [-0.05, 0) is 44.6 Å². The molecule has 0 aliphatic rings. The summed E-state index contributed by atoms with van der Waals surface area (Å²) in [6.07, 6.45) is 2.23. The van der Waals surface area contributed by atoms with Gasteiger partial charge in [0, 0.05) is 6.04 Å². The summed E-state index contributed by atoms with van der Waals surface area (Å²) in [5, 5.41) is 6.83. The lowest BCUT2D eigenvalue weighted by Crippen LogP contribution is -2.27. The van der Waals surface area contributed by atoms with Crippen LogP contribution in [0.1, 0.15) is 26.7 Å². The van der Waals surface area contributed by atoms with Crippen molar-refractivity contribution in [3.8, 4) is 5.75 Å². The minimum atomic E-state index is 0.587. The Hall–Kier alpha value is -1.06. The molecule has 0 aromatic heterocycles. The Morgan fingerprint density at radius 2 is 1.72 bits per heavy atom. The molecule has 0 unspecified atom stereocenters. The number of nitrogens with one attached hydrogen (secondary N) is 2. The molecule has 0 amide bonds. The van der Waals surface area contributed by atoms with E-state index >= 15 is 0 Å². The van der Waals surface area contributed by atoms with Gasteiger partial charge in [0.25, 0.3) is 0 Å². The molecule has 0 spiro atoms. The van der Waals surface area contributed by atoms with Crippen LogP contribution in [0.4, 0.5) is 0 Å². The predicted octanol–water partition coefficient (Wildman–Crippen LogP) is 2.43. The normalized spacial score (nSPS) is 10.8. The zero-order valence-corrected chi connectivity index (χ0v) is 11.6. The van der Waals surface area contributed by atoms with E-state index in [9.17, 15) is 0 Å². The minimum absolute atomic E-state index is 0.587. The van der Waals surface area contributed by atoms with Gasteiger partial charge in [0.1, 0.15) is 5.75 Å². The second-order valence-electron chi connectivity index (χ2n) is 4.73. The van der Waals surface area contributed by atoms with Gasteiger partial charge in [-0.1, -0.05) is 32.0 Å².